The zero-order chi connectivity index (χ0) is 7.94. The first-order valence-corrected chi connectivity index (χ1v) is 3.98. The molecule has 0 aliphatic carbocycles. The third-order valence-electron chi connectivity index (χ3n) is 1.46. The van der Waals surface area contributed by atoms with E-state index in [4.69, 9.17) is 0 Å². The summed E-state index contributed by atoms with van der Waals surface area (Å²) in [5, 5.41) is 0. The van der Waals surface area contributed by atoms with Crippen molar-refractivity contribution in [1.82, 2.24) is 0 Å². The predicted molar refractivity (Wildman–Crippen MR) is 49.3 cm³/mol. The van der Waals surface area contributed by atoms with Gasteiger partial charge in [0.25, 0.3) is 0 Å². The Hall–Kier alpha value is -1.04. The first-order valence-electron chi connectivity index (χ1n) is 3.98. The second-order valence-electron chi connectivity index (χ2n) is 2.41. The Balaban J connectivity index is 2.45. The molecule has 0 saturated carbocycles. The van der Waals surface area contributed by atoms with Gasteiger partial charge in [0.1, 0.15) is 0 Å². The van der Waals surface area contributed by atoms with Gasteiger partial charge in [-0.1, -0.05) is 49.4 Å². The Kier molecular flexibility index (Phi) is 3.46. The van der Waals surface area contributed by atoms with E-state index in [0.29, 0.717) is 0 Å². The average Bonchev–Trinajstić information content (AvgIpc) is 2.07. The van der Waals surface area contributed by atoms with Crippen molar-refractivity contribution >= 4 is 0 Å². The Morgan fingerprint density at radius 1 is 1.18 bits per heavy atom. The highest BCUT2D eigenvalue weighted by atomic mass is 13.9. The predicted octanol–water partition coefficient (Wildman–Crippen LogP) is 3.21. The van der Waals surface area contributed by atoms with E-state index in [1.54, 1.807) is 0 Å². The summed E-state index contributed by atoms with van der Waals surface area (Å²) in [7, 11) is 0. The number of benzene rings is 1. The van der Waals surface area contributed by atoms with Crippen LogP contribution in [0.15, 0.2) is 42.5 Å². The molecule has 0 nitrogen and oxygen atoms in total. The van der Waals surface area contributed by atoms with E-state index in [0.717, 1.165) is 6.42 Å². The summed E-state index contributed by atoms with van der Waals surface area (Å²) in [4.78, 5) is 0. The quantitative estimate of drug-likeness (QED) is 0.612. The Morgan fingerprint density at radius 3 is 2.55 bits per heavy atom. The average molecular weight is 145 g/mol. The van der Waals surface area contributed by atoms with Crippen molar-refractivity contribution in [3.8, 4) is 0 Å². The van der Waals surface area contributed by atoms with Gasteiger partial charge in [-0.25, -0.2) is 0 Å². The first kappa shape index (κ1) is 8.06. The van der Waals surface area contributed by atoms with Crippen LogP contribution in [0.25, 0.3) is 0 Å². The summed E-state index contributed by atoms with van der Waals surface area (Å²) in [5.74, 6) is 0. The summed E-state index contributed by atoms with van der Waals surface area (Å²) < 4.78 is 0. The second kappa shape index (κ2) is 4.73. The summed E-state index contributed by atoms with van der Waals surface area (Å²) >= 11 is 0. The molecular formula is C11H13. The largest absolute Gasteiger partial charge is 0.0882 e. The van der Waals surface area contributed by atoms with Crippen LogP contribution >= 0.6 is 0 Å². The van der Waals surface area contributed by atoms with E-state index in [1.165, 1.54) is 5.56 Å². The topological polar surface area (TPSA) is 0 Å². The van der Waals surface area contributed by atoms with Gasteiger partial charge in [0.05, 0.1) is 0 Å². The van der Waals surface area contributed by atoms with Crippen molar-refractivity contribution in [3.63, 3.8) is 0 Å². The van der Waals surface area contributed by atoms with Crippen LogP contribution in [0.2, 0.25) is 0 Å². The zero-order valence-corrected chi connectivity index (χ0v) is 6.83. The number of allylic oxidation sites excluding steroid dienone is 2. The van der Waals surface area contributed by atoms with Crippen molar-refractivity contribution in [2.75, 3.05) is 0 Å². The van der Waals surface area contributed by atoms with Crippen LogP contribution in [0, 0.1) is 6.42 Å². The molecule has 57 valence electrons. The molecule has 0 N–H and O–H groups in total. The van der Waals surface area contributed by atoms with Crippen LogP contribution < -0.4 is 0 Å². The molecule has 0 heteroatoms. The van der Waals surface area contributed by atoms with Gasteiger partial charge in [-0.15, -0.1) is 0 Å². The van der Waals surface area contributed by atoms with E-state index >= 15 is 0 Å². The molecule has 1 aromatic carbocycles. The molecule has 0 heterocycles. The van der Waals surface area contributed by atoms with Crippen molar-refractivity contribution in [2.24, 2.45) is 0 Å². The van der Waals surface area contributed by atoms with Gasteiger partial charge in [-0.3, -0.25) is 0 Å². The maximum absolute atomic E-state index is 2.15. The van der Waals surface area contributed by atoms with Gasteiger partial charge in [-0.2, -0.15) is 0 Å². The molecule has 0 spiro atoms. The molecule has 0 aliphatic heterocycles. The second-order valence-corrected chi connectivity index (χ2v) is 2.41. The van der Waals surface area contributed by atoms with Crippen molar-refractivity contribution in [2.45, 2.75) is 13.3 Å². The van der Waals surface area contributed by atoms with Crippen LogP contribution in [-0.4, -0.2) is 0 Å². The van der Waals surface area contributed by atoms with Gasteiger partial charge in [-0.05, 0) is 12.0 Å². The molecule has 0 atom stereocenters. The fourth-order valence-corrected chi connectivity index (χ4v) is 0.879. The molecular weight excluding hydrogens is 132 g/mol. The third-order valence-corrected chi connectivity index (χ3v) is 1.46. The standard InChI is InChI=1S/C11H13/c1-2-3-5-8-11-9-6-4-7-10-11/h3-10H,2H2,1H3/b5-3+. The van der Waals surface area contributed by atoms with Crippen molar-refractivity contribution < 1.29 is 0 Å². The van der Waals surface area contributed by atoms with Gasteiger partial charge in [0.15, 0.2) is 0 Å². The number of rotatable bonds is 3. The Labute approximate surface area is 68.6 Å². The van der Waals surface area contributed by atoms with Crippen LogP contribution in [0.3, 0.4) is 0 Å². The minimum Gasteiger partial charge on any atom is -0.0882 e. The van der Waals surface area contributed by atoms with Crippen LogP contribution in [0.1, 0.15) is 18.9 Å². The molecule has 0 saturated heterocycles. The monoisotopic (exact) mass is 145 g/mol. The maximum Gasteiger partial charge on any atom is 0.0121 e. The lowest BCUT2D eigenvalue weighted by Gasteiger charge is -1.92. The number of hydrogen-bond donors (Lipinski definition) is 0. The highest BCUT2D eigenvalue weighted by Gasteiger charge is 1.84. The third kappa shape index (κ3) is 3.03. The van der Waals surface area contributed by atoms with E-state index < -0.39 is 0 Å². The van der Waals surface area contributed by atoms with Gasteiger partial charge >= 0.3 is 0 Å². The fraction of sp³-hybridized carbons (Fsp3) is 0.182. The highest BCUT2D eigenvalue weighted by Crippen LogP contribution is 2.02. The van der Waals surface area contributed by atoms with Gasteiger partial charge in [0.2, 0.25) is 0 Å². The number of hydrogen-bond acceptors (Lipinski definition) is 0. The zero-order valence-electron chi connectivity index (χ0n) is 6.83. The minimum absolute atomic E-state index is 1.10. The van der Waals surface area contributed by atoms with E-state index in [2.05, 4.69) is 37.6 Å². The maximum atomic E-state index is 2.15. The van der Waals surface area contributed by atoms with Crippen molar-refractivity contribution in [3.05, 3.63) is 54.5 Å². The summed E-state index contributed by atoms with van der Waals surface area (Å²) in [6, 6.07) is 10.3. The lowest BCUT2D eigenvalue weighted by atomic mass is 10.1. The minimum atomic E-state index is 1.10. The molecule has 0 aliphatic rings. The van der Waals surface area contributed by atoms with E-state index in [9.17, 15) is 0 Å². The molecule has 0 bridgehead atoms. The lowest BCUT2D eigenvalue weighted by Crippen LogP contribution is -1.74. The molecule has 0 aromatic heterocycles. The SMILES string of the molecule is CC/C=C/[CH]c1ccccc1. The van der Waals surface area contributed by atoms with Gasteiger partial charge < -0.3 is 0 Å². The van der Waals surface area contributed by atoms with E-state index in [-0.39, 0.29) is 0 Å². The molecule has 1 rings (SSSR count). The molecule has 0 fully saturated rings. The lowest BCUT2D eigenvalue weighted by molar-refractivity contribution is 1.22. The first-order chi connectivity index (χ1) is 5.43. The summed E-state index contributed by atoms with van der Waals surface area (Å²) in [5.41, 5.74) is 1.26. The Morgan fingerprint density at radius 2 is 1.91 bits per heavy atom. The molecule has 1 aromatic rings. The van der Waals surface area contributed by atoms with E-state index in [1.807, 2.05) is 18.2 Å². The highest BCUT2D eigenvalue weighted by molar-refractivity contribution is 5.27. The summed E-state index contributed by atoms with van der Waals surface area (Å²) in [6.07, 6.45) is 7.45. The van der Waals surface area contributed by atoms with Crippen LogP contribution in [0.4, 0.5) is 0 Å². The molecule has 0 unspecified atom stereocenters. The van der Waals surface area contributed by atoms with Crippen molar-refractivity contribution in [1.29, 1.82) is 0 Å². The smallest absolute Gasteiger partial charge is 0.0121 e. The molecule has 0 amide bonds. The molecule has 11 heavy (non-hydrogen) atoms. The normalized spacial score (nSPS) is 10.6. The van der Waals surface area contributed by atoms with Crippen LogP contribution in [0.5, 0.6) is 0 Å². The fourth-order valence-electron chi connectivity index (χ4n) is 0.879. The Bertz CT molecular complexity index is 209. The molecule has 1 radical (unpaired) electrons. The summed E-state index contributed by atoms with van der Waals surface area (Å²) in [6.45, 7) is 2.13. The van der Waals surface area contributed by atoms with Crippen LogP contribution in [-0.2, 0) is 0 Å². The van der Waals surface area contributed by atoms with Gasteiger partial charge in [0, 0.05) is 6.42 Å².